The van der Waals surface area contributed by atoms with Gasteiger partial charge in [0, 0.05) is 63.1 Å². The highest BCUT2D eigenvalue weighted by Crippen LogP contribution is 2.37. The number of nitrogens with zero attached hydrogens (tertiary/aromatic N) is 6. The SMILES string of the molecule is C#CCO.CC(=O)N1CCc2cc(Br)c(S(=O)(=O)N=C(N)CCO)cc21.CC(=O)N1CCc2cc(Br)c(S(=O)(=O)N=[N+]=[N-])cc21. The van der Waals surface area contributed by atoms with Crippen LogP contribution in [0.2, 0.25) is 0 Å². The van der Waals surface area contributed by atoms with Crippen molar-refractivity contribution in [3.63, 3.8) is 0 Å². The number of amides is 2. The molecular weight excluding hydrogens is 762 g/mol. The molecule has 2 aliphatic rings. The van der Waals surface area contributed by atoms with Gasteiger partial charge in [-0.1, -0.05) is 5.92 Å². The molecule has 0 atom stereocenters. The minimum absolute atomic E-state index is 0.0264. The summed E-state index contributed by atoms with van der Waals surface area (Å²) in [6, 6.07) is 6.11. The summed E-state index contributed by atoms with van der Waals surface area (Å²) in [6.45, 7) is 3.45. The lowest BCUT2D eigenvalue weighted by Crippen LogP contribution is -2.26. The molecule has 0 spiro atoms. The number of amidine groups is 1. The van der Waals surface area contributed by atoms with Crippen LogP contribution in [0.3, 0.4) is 0 Å². The number of hydrogen-bond acceptors (Lipinski definition) is 8. The Bertz CT molecular complexity index is 1820. The second-order valence-electron chi connectivity index (χ2n) is 9.20. The number of fused-ring (bicyclic) bond motifs is 2. The van der Waals surface area contributed by atoms with Crippen LogP contribution in [0.1, 0.15) is 31.4 Å². The molecule has 242 valence electrons. The topological polar surface area (TPSA) is 236 Å². The van der Waals surface area contributed by atoms with Crippen molar-refractivity contribution in [3.05, 3.63) is 54.8 Å². The van der Waals surface area contributed by atoms with Gasteiger partial charge >= 0.3 is 0 Å². The van der Waals surface area contributed by atoms with Crippen molar-refractivity contribution in [2.24, 2.45) is 14.7 Å². The summed E-state index contributed by atoms with van der Waals surface area (Å²) in [5.74, 6) is 1.51. The van der Waals surface area contributed by atoms with E-state index in [0.717, 1.165) is 11.1 Å². The summed E-state index contributed by atoms with van der Waals surface area (Å²) in [6.07, 6.45) is 5.83. The number of anilines is 2. The molecule has 0 fully saturated rings. The van der Waals surface area contributed by atoms with Crippen molar-refractivity contribution in [2.75, 3.05) is 36.1 Å². The van der Waals surface area contributed by atoms with Gasteiger partial charge in [-0.3, -0.25) is 9.59 Å². The minimum atomic E-state index is -4.09. The molecule has 15 nitrogen and oxygen atoms in total. The fraction of sp³-hybridized carbons (Fsp3) is 0.346. The molecule has 0 bridgehead atoms. The first-order valence-electron chi connectivity index (χ1n) is 12.8. The number of terminal acetylenes is 1. The number of rotatable bonds is 6. The van der Waals surface area contributed by atoms with Crippen molar-refractivity contribution >= 4 is 80.9 Å². The second kappa shape index (κ2) is 16.2. The molecule has 0 saturated carbocycles. The van der Waals surface area contributed by atoms with Crippen LogP contribution >= 0.6 is 31.9 Å². The highest BCUT2D eigenvalue weighted by Gasteiger charge is 2.28. The fourth-order valence-corrected chi connectivity index (χ4v) is 8.10. The molecule has 2 heterocycles. The van der Waals surface area contributed by atoms with Crippen molar-refractivity contribution in [3.8, 4) is 12.3 Å². The first kappa shape index (κ1) is 37.7. The summed E-state index contributed by atoms with van der Waals surface area (Å²) < 4.78 is 55.2. The van der Waals surface area contributed by atoms with Crippen LogP contribution < -0.4 is 15.5 Å². The van der Waals surface area contributed by atoms with E-state index in [1.807, 2.05) is 5.92 Å². The van der Waals surface area contributed by atoms with E-state index in [-0.39, 0.29) is 47.1 Å². The molecule has 2 aromatic rings. The number of nitrogens with two attached hydrogens (primary N) is 1. The zero-order valence-corrected chi connectivity index (χ0v) is 28.8. The van der Waals surface area contributed by atoms with Crippen LogP contribution in [0.4, 0.5) is 11.4 Å². The van der Waals surface area contributed by atoms with Gasteiger partial charge in [0.1, 0.15) is 17.3 Å². The van der Waals surface area contributed by atoms with E-state index in [1.54, 1.807) is 12.1 Å². The van der Waals surface area contributed by atoms with Gasteiger partial charge in [0.05, 0.1) is 11.5 Å². The van der Waals surface area contributed by atoms with Gasteiger partial charge in [-0.25, -0.2) is 8.42 Å². The standard InChI is InChI=1S/C13H16BrN3O4S.C10H9BrN4O3S.C3H4O/c1-8(19)17-4-2-9-6-10(14)12(7-11(9)17)22(20,21)16-13(15)3-5-18;1-6(16)15-3-2-7-4-8(11)10(5-9(7)15)19(17,18)14-13-12;1-2-3-4/h6-7,18H,2-5H2,1H3,(H2,15,16);4-5H,2-3H2,1H3;1,4H,3H2. The van der Waals surface area contributed by atoms with Crippen LogP contribution in [0.25, 0.3) is 10.4 Å². The molecular formula is C26H29Br2N7O8S2. The van der Waals surface area contributed by atoms with Gasteiger partial charge in [0.15, 0.2) is 0 Å². The zero-order chi connectivity index (χ0) is 34.1. The van der Waals surface area contributed by atoms with Crippen LogP contribution in [-0.2, 0) is 42.5 Å². The van der Waals surface area contributed by atoms with Gasteiger partial charge < -0.3 is 25.7 Å². The minimum Gasteiger partial charge on any atom is -0.396 e. The predicted molar refractivity (Wildman–Crippen MR) is 175 cm³/mol. The lowest BCUT2D eigenvalue weighted by molar-refractivity contribution is -0.117. The van der Waals surface area contributed by atoms with Gasteiger partial charge in [0.25, 0.3) is 20.0 Å². The summed E-state index contributed by atoms with van der Waals surface area (Å²) in [5.41, 5.74) is 16.7. The molecule has 0 saturated heterocycles. The maximum atomic E-state index is 12.3. The molecule has 4 rings (SSSR count). The third-order valence-electron chi connectivity index (χ3n) is 6.21. The molecule has 45 heavy (non-hydrogen) atoms. The molecule has 19 heteroatoms. The van der Waals surface area contributed by atoms with E-state index in [9.17, 15) is 26.4 Å². The average molecular weight is 792 g/mol. The Hall–Kier alpha value is -3.50. The van der Waals surface area contributed by atoms with E-state index < -0.39 is 20.0 Å². The number of aliphatic hydroxyl groups is 2. The van der Waals surface area contributed by atoms with Crippen LogP contribution in [-0.4, -0.2) is 71.0 Å². The molecule has 0 aliphatic carbocycles. The maximum absolute atomic E-state index is 12.3. The predicted octanol–water partition coefficient (Wildman–Crippen LogP) is 2.76. The number of carbonyl (C=O) groups is 2. The molecule has 2 amide bonds. The molecule has 2 aromatic carbocycles. The van der Waals surface area contributed by atoms with E-state index >= 15 is 0 Å². The number of azide groups is 1. The number of aliphatic hydroxyl groups excluding tert-OH is 2. The Morgan fingerprint density at radius 3 is 1.73 bits per heavy atom. The third kappa shape index (κ3) is 9.50. The van der Waals surface area contributed by atoms with Crippen molar-refractivity contribution in [1.29, 1.82) is 0 Å². The van der Waals surface area contributed by atoms with Crippen LogP contribution in [0, 0.1) is 12.3 Å². The number of hydrogen-bond donors (Lipinski definition) is 3. The highest BCUT2D eigenvalue weighted by atomic mass is 79.9. The average Bonchev–Trinajstić information content (AvgIpc) is 3.56. The molecule has 0 aromatic heterocycles. The van der Waals surface area contributed by atoms with Crippen molar-refractivity contribution in [2.45, 2.75) is 42.9 Å². The van der Waals surface area contributed by atoms with Gasteiger partial charge in [-0.15, -0.1) is 10.8 Å². The Labute approximate surface area is 277 Å². The van der Waals surface area contributed by atoms with Crippen molar-refractivity contribution < 1.29 is 36.6 Å². The van der Waals surface area contributed by atoms with E-state index in [2.05, 4.69) is 52.1 Å². The van der Waals surface area contributed by atoms with E-state index in [0.29, 0.717) is 46.3 Å². The largest absolute Gasteiger partial charge is 0.396 e. The fourth-order valence-electron chi connectivity index (χ4n) is 4.28. The Kier molecular flexibility index (Phi) is 13.5. The van der Waals surface area contributed by atoms with Crippen LogP contribution in [0.15, 0.2) is 51.9 Å². The number of benzene rings is 2. The van der Waals surface area contributed by atoms with Gasteiger partial charge in [-0.2, -0.15) is 8.42 Å². The molecule has 2 aliphatic heterocycles. The number of carbonyl (C=O) groups excluding carboxylic acids is 2. The van der Waals surface area contributed by atoms with E-state index in [1.165, 1.54) is 35.8 Å². The van der Waals surface area contributed by atoms with Crippen LogP contribution in [0.5, 0.6) is 0 Å². The maximum Gasteiger partial charge on any atom is 0.285 e. The van der Waals surface area contributed by atoms with Gasteiger partial charge in [-0.05, 0) is 85.6 Å². The Morgan fingerprint density at radius 1 is 0.956 bits per heavy atom. The zero-order valence-electron chi connectivity index (χ0n) is 24.0. The lowest BCUT2D eigenvalue weighted by Gasteiger charge is -2.16. The monoisotopic (exact) mass is 789 g/mol. The lowest BCUT2D eigenvalue weighted by atomic mass is 10.2. The normalized spacial score (nSPS) is 13.7. The first-order valence-corrected chi connectivity index (χ1v) is 17.3. The highest BCUT2D eigenvalue weighted by molar-refractivity contribution is 9.10. The summed E-state index contributed by atoms with van der Waals surface area (Å²) in [7, 11) is -8.10. The summed E-state index contributed by atoms with van der Waals surface area (Å²) in [5, 5.41) is 16.4. The Morgan fingerprint density at radius 2 is 1.38 bits per heavy atom. The van der Waals surface area contributed by atoms with Crippen molar-refractivity contribution in [1.82, 2.24) is 0 Å². The first-order chi connectivity index (χ1) is 21.0. The molecule has 0 radical (unpaired) electrons. The summed E-state index contributed by atoms with van der Waals surface area (Å²) in [4.78, 5) is 28.2. The Balaban J connectivity index is 0.000000283. The smallest absolute Gasteiger partial charge is 0.285 e. The molecule has 0 unspecified atom stereocenters. The molecule has 4 N–H and O–H groups in total. The number of sulfonamides is 2. The quantitative estimate of drug-likeness (QED) is 0.0973. The summed E-state index contributed by atoms with van der Waals surface area (Å²) >= 11 is 6.38. The second-order valence-corrected chi connectivity index (χ2v) is 14.0. The van der Waals surface area contributed by atoms with E-state index in [4.69, 9.17) is 21.5 Å². The third-order valence-corrected chi connectivity index (χ3v) is 10.6. The van der Waals surface area contributed by atoms with Gasteiger partial charge in [0.2, 0.25) is 11.8 Å². The number of halogens is 2.